The van der Waals surface area contributed by atoms with E-state index in [1.165, 1.54) is 244 Å². The molecule has 6 heteroatoms. The van der Waals surface area contributed by atoms with Crippen LogP contribution in [0, 0.1) is 0 Å². The summed E-state index contributed by atoms with van der Waals surface area (Å²) in [5.41, 5.74) is 0. The van der Waals surface area contributed by atoms with Crippen LogP contribution in [0.3, 0.4) is 0 Å². The second-order valence-corrected chi connectivity index (χ2v) is 20.3. The summed E-state index contributed by atoms with van der Waals surface area (Å²) >= 11 is 0. The molecule has 0 radical (unpaired) electrons. The summed E-state index contributed by atoms with van der Waals surface area (Å²) in [7, 11) is 0. The minimum atomic E-state index is -1.28. The van der Waals surface area contributed by atoms with E-state index < -0.39 is 36.9 Å². The highest BCUT2D eigenvalue weighted by molar-refractivity contribution is 5.80. The number of nitrogens with one attached hydrogen (secondary N) is 1. The lowest BCUT2D eigenvalue weighted by molar-refractivity contribution is -0.132. The lowest BCUT2D eigenvalue weighted by Gasteiger charge is -2.27. The Hall–Kier alpha value is -1.21. The molecule has 0 aromatic carbocycles. The van der Waals surface area contributed by atoms with Gasteiger partial charge in [0.2, 0.25) is 5.91 Å². The molecular formula is C59H115NO5. The monoisotopic (exact) mass is 918 g/mol. The van der Waals surface area contributed by atoms with Crippen molar-refractivity contribution in [1.82, 2.24) is 5.32 Å². The van der Waals surface area contributed by atoms with Crippen LogP contribution in [0.4, 0.5) is 0 Å². The van der Waals surface area contributed by atoms with E-state index in [9.17, 15) is 25.2 Å². The number of hydrogen-bond donors (Lipinski definition) is 5. The molecule has 4 unspecified atom stereocenters. The topological polar surface area (TPSA) is 110 Å². The lowest BCUT2D eigenvalue weighted by atomic mass is 10.00. The van der Waals surface area contributed by atoms with E-state index in [1.807, 2.05) is 0 Å². The molecule has 0 rings (SSSR count). The summed E-state index contributed by atoms with van der Waals surface area (Å²) in [5, 5.41) is 44.0. The smallest absolute Gasteiger partial charge is 0.249 e. The number of amides is 1. The quantitative estimate of drug-likeness (QED) is 0.0308. The first-order valence-corrected chi connectivity index (χ1v) is 29.2. The Balaban J connectivity index is 3.64. The molecule has 0 bridgehead atoms. The number of allylic oxidation sites excluding steroid dienone is 4. The fourth-order valence-electron chi connectivity index (χ4n) is 9.29. The van der Waals surface area contributed by atoms with Gasteiger partial charge in [-0.25, -0.2) is 0 Å². The van der Waals surface area contributed by atoms with E-state index in [2.05, 4.69) is 43.5 Å². The molecule has 0 aliphatic rings. The van der Waals surface area contributed by atoms with Gasteiger partial charge in [-0.15, -0.1) is 0 Å². The van der Waals surface area contributed by atoms with Crippen molar-refractivity contribution in [2.45, 2.75) is 340 Å². The number of hydrogen-bond acceptors (Lipinski definition) is 5. The molecule has 0 spiro atoms. The molecular weight excluding hydrogens is 803 g/mol. The molecule has 0 saturated heterocycles. The SMILES string of the molecule is CCCCCCCCCCCCCC/C=C\CCCCCCCCC(O)C(=O)NC(CO)C(O)C(O)CCC/C=C/CCCCCCCCCCCCCCCCCCCCCCCC. The number of unbranched alkanes of at least 4 members (excludes halogenated alkanes) is 41. The highest BCUT2D eigenvalue weighted by Crippen LogP contribution is 2.18. The molecule has 6 nitrogen and oxygen atoms in total. The lowest BCUT2D eigenvalue weighted by Crippen LogP contribution is -2.53. The normalized spacial score (nSPS) is 13.9. The number of carbonyl (C=O) groups is 1. The van der Waals surface area contributed by atoms with Gasteiger partial charge < -0.3 is 25.7 Å². The molecule has 65 heavy (non-hydrogen) atoms. The van der Waals surface area contributed by atoms with E-state index in [-0.39, 0.29) is 0 Å². The third-order valence-electron chi connectivity index (χ3n) is 13.9. The zero-order valence-electron chi connectivity index (χ0n) is 43.8. The molecule has 4 atom stereocenters. The van der Waals surface area contributed by atoms with E-state index in [0.717, 1.165) is 44.9 Å². The zero-order valence-corrected chi connectivity index (χ0v) is 43.8. The van der Waals surface area contributed by atoms with Crippen molar-refractivity contribution in [3.63, 3.8) is 0 Å². The standard InChI is InChI=1S/C59H115NO5/c1-3-5-7-9-11-13-15-17-19-21-23-25-27-28-29-30-31-33-34-36-38-40-42-44-46-48-50-52-56(62)58(64)55(54-61)60-59(65)57(63)53-51-49-47-45-43-41-39-37-35-32-26-24-22-20-18-16-14-12-10-8-6-4-2/h35,37,44,46,55-58,61-64H,3-34,36,38-43,45,47-54H2,1-2H3,(H,60,65)/b37-35-,46-44+. The van der Waals surface area contributed by atoms with Gasteiger partial charge in [0.25, 0.3) is 0 Å². The van der Waals surface area contributed by atoms with Crippen molar-refractivity contribution in [2.24, 2.45) is 0 Å². The van der Waals surface area contributed by atoms with Crippen molar-refractivity contribution in [3.8, 4) is 0 Å². The molecule has 386 valence electrons. The van der Waals surface area contributed by atoms with Crippen molar-refractivity contribution in [1.29, 1.82) is 0 Å². The summed E-state index contributed by atoms with van der Waals surface area (Å²) in [5.74, 6) is -0.594. The Morgan fingerprint density at radius 2 is 0.631 bits per heavy atom. The third-order valence-corrected chi connectivity index (χ3v) is 13.9. The highest BCUT2D eigenvalue weighted by atomic mass is 16.3. The van der Waals surface area contributed by atoms with E-state index >= 15 is 0 Å². The maximum absolute atomic E-state index is 12.6. The van der Waals surface area contributed by atoms with Gasteiger partial charge in [-0.05, 0) is 64.2 Å². The summed E-state index contributed by atoms with van der Waals surface area (Å²) in [4.78, 5) is 12.6. The highest BCUT2D eigenvalue weighted by Gasteiger charge is 2.28. The van der Waals surface area contributed by atoms with Crippen LogP contribution in [0.5, 0.6) is 0 Å². The van der Waals surface area contributed by atoms with E-state index in [1.54, 1.807) is 0 Å². The zero-order chi connectivity index (χ0) is 47.4. The minimum Gasteiger partial charge on any atom is -0.394 e. The van der Waals surface area contributed by atoms with Crippen LogP contribution in [0.15, 0.2) is 24.3 Å². The first-order valence-electron chi connectivity index (χ1n) is 29.2. The van der Waals surface area contributed by atoms with Gasteiger partial charge in [0, 0.05) is 0 Å². The van der Waals surface area contributed by atoms with Crippen LogP contribution in [0.1, 0.15) is 316 Å². The van der Waals surface area contributed by atoms with Crippen molar-refractivity contribution < 1.29 is 25.2 Å². The van der Waals surface area contributed by atoms with Crippen molar-refractivity contribution in [2.75, 3.05) is 6.61 Å². The number of rotatable bonds is 54. The molecule has 0 aromatic rings. The van der Waals surface area contributed by atoms with Gasteiger partial charge in [-0.2, -0.15) is 0 Å². The predicted octanol–water partition coefficient (Wildman–Crippen LogP) is 17.0. The molecule has 0 heterocycles. The Labute approximate surface area is 405 Å². The van der Waals surface area contributed by atoms with Crippen LogP contribution in [-0.2, 0) is 4.79 Å². The molecule has 0 aliphatic heterocycles. The maximum atomic E-state index is 12.6. The average Bonchev–Trinajstić information content (AvgIpc) is 3.31. The van der Waals surface area contributed by atoms with Gasteiger partial charge >= 0.3 is 0 Å². The molecule has 1 amide bonds. The Kier molecular flexibility index (Phi) is 52.7. The van der Waals surface area contributed by atoms with E-state index in [0.29, 0.717) is 12.8 Å². The largest absolute Gasteiger partial charge is 0.394 e. The van der Waals surface area contributed by atoms with Crippen LogP contribution in [-0.4, -0.2) is 57.3 Å². The summed E-state index contributed by atoms with van der Waals surface area (Å²) in [6, 6.07) is -1.00. The average molecular weight is 919 g/mol. The maximum Gasteiger partial charge on any atom is 0.249 e. The van der Waals surface area contributed by atoms with Crippen LogP contribution in [0.25, 0.3) is 0 Å². The van der Waals surface area contributed by atoms with Crippen molar-refractivity contribution in [3.05, 3.63) is 24.3 Å². The van der Waals surface area contributed by atoms with Crippen LogP contribution >= 0.6 is 0 Å². The summed E-state index contributed by atoms with van der Waals surface area (Å²) < 4.78 is 0. The first-order chi connectivity index (χ1) is 32.0. The Bertz CT molecular complexity index is 986. The predicted molar refractivity (Wildman–Crippen MR) is 284 cm³/mol. The van der Waals surface area contributed by atoms with Gasteiger partial charge in [0.1, 0.15) is 12.2 Å². The summed E-state index contributed by atoms with van der Waals surface area (Å²) in [6.07, 6.45) is 65.4. The Morgan fingerprint density at radius 1 is 0.369 bits per heavy atom. The second kappa shape index (κ2) is 53.7. The minimum absolute atomic E-state index is 0.358. The van der Waals surface area contributed by atoms with Gasteiger partial charge in [0.15, 0.2) is 0 Å². The number of aliphatic hydroxyl groups is 4. The molecule has 0 fully saturated rings. The fourth-order valence-corrected chi connectivity index (χ4v) is 9.29. The van der Waals surface area contributed by atoms with Crippen LogP contribution < -0.4 is 5.32 Å². The first kappa shape index (κ1) is 63.8. The molecule has 0 aliphatic carbocycles. The third kappa shape index (κ3) is 47.6. The summed E-state index contributed by atoms with van der Waals surface area (Å²) in [6.45, 7) is 4.08. The van der Waals surface area contributed by atoms with Gasteiger partial charge in [0.05, 0.1) is 18.8 Å². The second-order valence-electron chi connectivity index (χ2n) is 20.3. The van der Waals surface area contributed by atoms with Gasteiger partial charge in [-0.3, -0.25) is 4.79 Å². The fraction of sp³-hybridized carbons (Fsp3) is 0.915. The Morgan fingerprint density at radius 3 is 0.923 bits per heavy atom. The van der Waals surface area contributed by atoms with Gasteiger partial charge in [-0.1, -0.05) is 276 Å². The number of carbonyl (C=O) groups excluding carboxylic acids is 1. The van der Waals surface area contributed by atoms with Crippen LogP contribution in [0.2, 0.25) is 0 Å². The van der Waals surface area contributed by atoms with E-state index in [4.69, 9.17) is 0 Å². The molecule has 5 N–H and O–H groups in total. The molecule has 0 aromatic heterocycles. The molecule has 0 saturated carbocycles. The number of aliphatic hydroxyl groups excluding tert-OH is 4. The van der Waals surface area contributed by atoms with Crippen molar-refractivity contribution >= 4 is 5.91 Å².